The molecular formula is C22H28N2OS. The number of carbonyl (C=O) groups is 1. The number of hydrogen-bond donors (Lipinski definition) is 0. The molecule has 0 aliphatic carbocycles. The summed E-state index contributed by atoms with van der Waals surface area (Å²) in [4.78, 5) is 19.0. The van der Waals surface area contributed by atoms with Gasteiger partial charge in [0, 0.05) is 30.4 Å². The van der Waals surface area contributed by atoms with E-state index in [1.165, 1.54) is 27.1 Å². The van der Waals surface area contributed by atoms with Crippen molar-refractivity contribution in [1.29, 1.82) is 0 Å². The predicted molar refractivity (Wildman–Crippen MR) is 107 cm³/mol. The van der Waals surface area contributed by atoms with Gasteiger partial charge < -0.3 is 4.90 Å². The number of carbonyl (C=O) groups excluding carboxylic acids is 1. The first-order valence-electron chi connectivity index (χ1n) is 9.72. The molecule has 0 radical (unpaired) electrons. The van der Waals surface area contributed by atoms with E-state index in [1.54, 1.807) is 0 Å². The number of hydrogen-bond acceptors (Lipinski definition) is 3. The van der Waals surface area contributed by atoms with Crippen LogP contribution >= 0.6 is 11.3 Å². The maximum absolute atomic E-state index is 13.0. The second-order valence-electron chi connectivity index (χ2n) is 7.86. The SMILES string of the molecule is Cc1ccc(C)c(CN2CCC(C(=O)N3CCc4sccc4C3)CC2)c1. The van der Waals surface area contributed by atoms with Crippen LogP contribution in [0.3, 0.4) is 0 Å². The van der Waals surface area contributed by atoms with E-state index in [0.29, 0.717) is 5.91 Å². The Kier molecular flexibility index (Phi) is 5.14. The average molecular weight is 369 g/mol. The van der Waals surface area contributed by atoms with Crippen LogP contribution in [0.25, 0.3) is 0 Å². The largest absolute Gasteiger partial charge is 0.338 e. The van der Waals surface area contributed by atoms with Gasteiger partial charge in [-0.1, -0.05) is 23.8 Å². The van der Waals surface area contributed by atoms with Crippen LogP contribution in [0, 0.1) is 19.8 Å². The third-order valence-corrected chi connectivity index (χ3v) is 6.98. The van der Waals surface area contributed by atoms with Crippen molar-refractivity contribution in [3.05, 3.63) is 56.8 Å². The van der Waals surface area contributed by atoms with Gasteiger partial charge in [0.05, 0.1) is 0 Å². The second kappa shape index (κ2) is 7.53. The Labute approximate surface area is 160 Å². The number of benzene rings is 1. The van der Waals surface area contributed by atoms with Gasteiger partial charge >= 0.3 is 0 Å². The first-order chi connectivity index (χ1) is 12.6. The van der Waals surface area contributed by atoms with Crippen LogP contribution in [-0.4, -0.2) is 35.3 Å². The molecule has 1 aromatic heterocycles. The number of aryl methyl sites for hydroxylation is 2. The lowest BCUT2D eigenvalue weighted by Gasteiger charge is -2.35. The summed E-state index contributed by atoms with van der Waals surface area (Å²) in [5, 5.41) is 2.16. The second-order valence-corrected chi connectivity index (χ2v) is 8.86. The smallest absolute Gasteiger partial charge is 0.226 e. The third kappa shape index (κ3) is 3.72. The fourth-order valence-electron chi connectivity index (χ4n) is 4.24. The lowest BCUT2D eigenvalue weighted by atomic mass is 9.93. The van der Waals surface area contributed by atoms with E-state index in [2.05, 4.69) is 53.3 Å². The highest BCUT2D eigenvalue weighted by molar-refractivity contribution is 7.10. The van der Waals surface area contributed by atoms with Crippen molar-refractivity contribution in [3.63, 3.8) is 0 Å². The number of thiophene rings is 1. The van der Waals surface area contributed by atoms with E-state index in [4.69, 9.17) is 0 Å². The molecule has 1 aromatic carbocycles. The fourth-order valence-corrected chi connectivity index (χ4v) is 5.13. The van der Waals surface area contributed by atoms with Gasteiger partial charge in [0.2, 0.25) is 5.91 Å². The van der Waals surface area contributed by atoms with Crippen LogP contribution in [0.2, 0.25) is 0 Å². The first-order valence-corrected chi connectivity index (χ1v) is 10.6. The molecule has 0 N–H and O–H groups in total. The summed E-state index contributed by atoms with van der Waals surface area (Å²) in [5.74, 6) is 0.596. The van der Waals surface area contributed by atoms with E-state index in [0.717, 1.165) is 52.0 Å². The quantitative estimate of drug-likeness (QED) is 0.812. The Morgan fingerprint density at radius 1 is 1.15 bits per heavy atom. The maximum atomic E-state index is 13.0. The molecule has 1 fully saturated rings. The van der Waals surface area contributed by atoms with Crippen LogP contribution in [0.1, 0.15) is 40.0 Å². The standard InChI is InChI=1S/C22H28N2OS/c1-16-3-4-17(2)20(13-16)14-23-9-5-18(6-10-23)22(25)24-11-7-21-19(15-24)8-12-26-21/h3-4,8,12-13,18H,5-7,9-11,14-15H2,1-2H3. The molecule has 1 saturated heterocycles. The zero-order valence-corrected chi connectivity index (χ0v) is 16.6. The van der Waals surface area contributed by atoms with E-state index in [9.17, 15) is 4.79 Å². The summed E-state index contributed by atoms with van der Waals surface area (Å²) in [6, 6.07) is 8.89. The van der Waals surface area contributed by atoms with Crippen molar-refractivity contribution in [2.45, 2.75) is 46.2 Å². The molecular weight excluding hydrogens is 340 g/mol. The van der Waals surface area contributed by atoms with Gasteiger partial charge in [-0.15, -0.1) is 11.3 Å². The van der Waals surface area contributed by atoms with Crippen LogP contribution in [0.4, 0.5) is 0 Å². The summed E-state index contributed by atoms with van der Waals surface area (Å²) >= 11 is 1.83. The van der Waals surface area contributed by atoms with E-state index < -0.39 is 0 Å². The van der Waals surface area contributed by atoms with Crippen LogP contribution in [0.5, 0.6) is 0 Å². The normalized spacial score (nSPS) is 18.8. The van der Waals surface area contributed by atoms with Gasteiger partial charge in [-0.05, 0) is 74.3 Å². The number of rotatable bonds is 3. The highest BCUT2D eigenvalue weighted by Crippen LogP contribution is 2.28. The van der Waals surface area contributed by atoms with Crippen molar-refractivity contribution in [3.8, 4) is 0 Å². The Balaban J connectivity index is 1.32. The van der Waals surface area contributed by atoms with E-state index in [1.807, 2.05) is 11.3 Å². The molecule has 4 heteroatoms. The molecule has 138 valence electrons. The summed E-state index contributed by atoms with van der Waals surface area (Å²) in [6.07, 6.45) is 3.03. The minimum atomic E-state index is 0.213. The Morgan fingerprint density at radius 2 is 1.96 bits per heavy atom. The average Bonchev–Trinajstić information content (AvgIpc) is 3.12. The number of piperidine rings is 1. The van der Waals surface area contributed by atoms with Crippen LogP contribution in [0.15, 0.2) is 29.6 Å². The zero-order chi connectivity index (χ0) is 18.1. The summed E-state index contributed by atoms with van der Waals surface area (Å²) in [7, 11) is 0. The van der Waals surface area contributed by atoms with Gasteiger partial charge in [-0.3, -0.25) is 9.69 Å². The van der Waals surface area contributed by atoms with Crippen LogP contribution in [-0.2, 0) is 24.3 Å². The molecule has 2 aliphatic heterocycles. The topological polar surface area (TPSA) is 23.6 Å². The summed E-state index contributed by atoms with van der Waals surface area (Å²) in [5.41, 5.74) is 5.49. The Hall–Kier alpha value is -1.65. The summed E-state index contributed by atoms with van der Waals surface area (Å²) in [6.45, 7) is 9.14. The number of fused-ring (bicyclic) bond motifs is 1. The monoisotopic (exact) mass is 368 g/mol. The van der Waals surface area contributed by atoms with E-state index in [-0.39, 0.29) is 5.92 Å². The lowest BCUT2D eigenvalue weighted by molar-refractivity contribution is -0.138. The summed E-state index contributed by atoms with van der Waals surface area (Å²) < 4.78 is 0. The molecule has 3 heterocycles. The molecule has 3 nitrogen and oxygen atoms in total. The highest BCUT2D eigenvalue weighted by Gasteiger charge is 2.30. The van der Waals surface area contributed by atoms with Crippen LogP contribution < -0.4 is 0 Å². The van der Waals surface area contributed by atoms with Crippen molar-refractivity contribution >= 4 is 17.2 Å². The fraction of sp³-hybridized carbons (Fsp3) is 0.500. The lowest BCUT2D eigenvalue weighted by Crippen LogP contribution is -2.43. The Morgan fingerprint density at radius 3 is 2.77 bits per heavy atom. The number of likely N-dealkylation sites (tertiary alicyclic amines) is 1. The maximum Gasteiger partial charge on any atom is 0.226 e. The van der Waals surface area contributed by atoms with Gasteiger partial charge in [0.25, 0.3) is 0 Å². The molecule has 2 aliphatic rings. The molecule has 4 rings (SSSR count). The zero-order valence-electron chi connectivity index (χ0n) is 15.8. The Bertz CT molecular complexity index is 789. The molecule has 2 aromatic rings. The van der Waals surface area contributed by atoms with E-state index >= 15 is 0 Å². The molecule has 0 bridgehead atoms. The van der Waals surface area contributed by atoms with Crippen molar-refractivity contribution in [2.75, 3.05) is 19.6 Å². The molecule has 0 atom stereocenters. The van der Waals surface area contributed by atoms with Crippen molar-refractivity contribution < 1.29 is 4.79 Å². The molecule has 1 amide bonds. The minimum absolute atomic E-state index is 0.213. The van der Waals surface area contributed by atoms with Gasteiger partial charge in [-0.2, -0.15) is 0 Å². The van der Waals surface area contributed by atoms with Crippen molar-refractivity contribution in [1.82, 2.24) is 9.80 Å². The van der Waals surface area contributed by atoms with Gasteiger partial charge in [-0.25, -0.2) is 0 Å². The highest BCUT2D eigenvalue weighted by atomic mass is 32.1. The molecule has 0 unspecified atom stereocenters. The number of nitrogens with zero attached hydrogens (tertiary/aromatic N) is 2. The third-order valence-electron chi connectivity index (χ3n) is 5.95. The van der Waals surface area contributed by atoms with Gasteiger partial charge in [0.1, 0.15) is 0 Å². The molecule has 0 saturated carbocycles. The molecule has 0 spiro atoms. The van der Waals surface area contributed by atoms with Crippen molar-refractivity contribution in [2.24, 2.45) is 5.92 Å². The van der Waals surface area contributed by atoms with Gasteiger partial charge in [0.15, 0.2) is 0 Å². The minimum Gasteiger partial charge on any atom is -0.338 e. The predicted octanol–water partition coefficient (Wildman–Crippen LogP) is 4.16. The number of amides is 1. The molecule has 26 heavy (non-hydrogen) atoms. The first kappa shape index (κ1) is 17.7.